The van der Waals surface area contributed by atoms with Crippen molar-refractivity contribution in [2.75, 3.05) is 6.61 Å². The van der Waals surface area contributed by atoms with E-state index >= 15 is 0 Å². The smallest absolute Gasteiger partial charge is 0.457 e. The molecule has 1 amide bonds. The van der Waals surface area contributed by atoms with Crippen molar-refractivity contribution in [1.29, 1.82) is 0 Å². The summed E-state index contributed by atoms with van der Waals surface area (Å²) in [7, 11) is 0. The van der Waals surface area contributed by atoms with Crippen LogP contribution < -0.4 is 11.1 Å². The summed E-state index contributed by atoms with van der Waals surface area (Å²) < 4.78 is 15.7. The van der Waals surface area contributed by atoms with Crippen molar-refractivity contribution in [1.82, 2.24) is 20.7 Å². The first-order valence-corrected chi connectivity index (χ1v) is 13.2. The quantitative estimate of drug-likeness (QED) is 0.231. The molecule has 2 heterocycles. The van der Waals surface area contributed by atoms with Crippen LogP contribution in [0.4, 0.5) is 0 Å². The molecule has 0 radical (unpaired) electrons. The lowest BCUT2D eigenvalue weighted by Gasteiger charge is -2.30. The maximum atomic E-state index is 13.3. The maximum absolute atomic E-state index is 13.3. The van der Waals surface area contributed by atoms with Crippen molar-refractivity contribution in [3.05, 3.63) is 94.2 Å². The molecule has 0 saturated heterocycles. The molecule has 11 nitrogen and oxygen atoms in total. The second kappa shape index (κ2) is 12.3. The van der Waals surface area contributed by atoms with Crippen molar-refractivity contribution in [3.8, 4) is 11.1 Å². The van der Waals surface area contributed by atoms with E-state index in [2.05, 4.69) is 20.7 Å². The predicted molar refractivity (Wildman–Crippen MR) is 149 cm³/mol. The zero-order valence-corrected chi connectivity index (χ0v) is 23.5. The van der Waals surface area contributed by atoms with Crippen molar-refractivity contribution in [2.45, 2.75) is 58.6 Å². The minimum atomic E-state index is -1.39. The normalized spacial score (nSPS) is 13.8. The Morgan fingerprint density at radius 1 is 1.02 bits per heavy atom. The largest absolute Gasteiger partial charge is 0.519 e. The van der Waals surface area contributed by atoms with Crippen molar-refractivity contribution in [3.63, 3.8) is 0 Å². The number of amides is 1. The lowest BCUT2D eigenvalue weighted by Crippen LogP contribution is -2.44. The molecule has 0 aliphatic rings. The Hall–Kier alpha value is -4.51. The average molecular weight is 563 g/mol. The number of rotatable bonds is 11. The van der Waals surface area contributed by atoms with Crippen LogP contribution in [0.25, 0.3) is 11.1 Å². The van der Waals surface area contributed by atoms with Crippen LogP contribution in [0.1, 0.15) is 61.7 Å². The fraction of sp³-hybridized carbons (Fsp3) is 0.367. The van der Waals surface area contributed by atoms with Gasteiger partial charge in [-0.05, 0) is 36.5 Å². The lowest BCUT2D eigenvalue weighted by atomic mass is 9.82. The van der Waals surface area contributed by atoms with Crippen molar-refractivity contribution >= 4 is 11.9 Å². The Morgan fingerprint density at radius 3 is 2.32 bits per heavy atom. The second-order valence-corrected chi connectivity index (χ2v) is 11.2. The first-order chi connectivity index (χ1) is 19.5. The molecule has 0 fully saturated rings. The molecule has 2 atom stereocenters. The van der Waals surface area contributed by atoms with Gasteiger partial charge in [-0.1, -0.05) is 75.4 Å². The molecule has 0 saturated carbocycles. The Bertz CT molecular complexity index is 1500. The number of H-pyrrole nitrogens is 1. The van der Waals surface area contributed by atoms with Crippen LogP contribution in [-0.4, -0.2) is 45.0 Å². The number of esters is 1. The molecular weight excluding hydrogens is 528 g/mol. The summed E-state index contributed by atoms with van der Waals surface area (Å²) in [6.45, 7) is 6.16. The van der Waals surface area contributed by atoms with E-state index in [0.717, 1.165) is 16.7 Å². The number of nitrogens with one attached hydrogen (secondary N) is 2. The Labute approximate surface area is 236 Å². The molecule has 4 rings (SSSR count). The number of benzene rings is 2. The molecule has 0 aliphatic heterocycles. The van der Waals surface area contributed by atoms with Gasteiger partial charge in [-0.25, -0.2) is 4.79 Å². The van der Waals surface area contributed by atoms with Gasteiger partial charge >= 0.3 is 11.8 Å². The fourth-order valence-electron chi connectivity index (χ4n) is 4.53. The van der Waals surface area contributed by atoms with Gasteiger partial charge in [-0.3, -0.25) is 9.59 Å². The predicted octanol–water partition coefficient (Wildman–Crippen LogP) is 3.79. The highest BCUT2D eigenvalue weighted by Crippen LogP contribution is 2.30. The summed E-state index contributed by atoms with van der Waals surface area (Å²) >= 11 is 0. The molecule has 216 valence electrons. The SMILES string of the molecule is CC(C)(C)c1oc(=O)oc1COC(=O)[C@](C)(CO)C[C@H](Cc1ccc(-c2ccccc2)cc1)NC(=O)c1cn[nH]n1. The molecule has 2 aromatic carbocycles. The molecule has 4 aromatic rings. The minimum Gasteiger partial charge on any atom is -0.457 e. The van der Waals surface area contributed by atoms with Crippen LogP contribution in [0.3, 0.4) is 0 Å². The highest BCUT2D eigenvalue weighted by atomic mass is 16.6. The number of nitrogens with zero attached hydrogens (tertiary/aromatic N) is 2. The average Bonchev–Trinajstić information content (AvgIpc) is 3.62. The summed E-state index contributed by atoms with van der Waals surface area (Å²) in [5.41, 5.74) is 1.18. The second-order valence-electron chi connectivity index (χ2n) is 11.2. The van der Waals surface area contributed by atoms with Gasteiger partial charge in [0, 0.05) is 11.5 Å². The summed E-state index contributed by atoms with van der Waals surface area (Å²) in [5, 5.41) is 23.1. The third-order valence-electron chi connectivity index (χ3n) is 6.73. The summed E-state index contributed by atoms with van der Waals surface area (Å²) in [6, 6.07) is 17.3. The third kappa shape index (κ3) is 7.37. The highest BCUT2D eigenvalue weighted by molar-refractivity contribution is 5.92. The van der Waals surface area contributed by atoms with E-state index in [1.807, 2.05) is 75.4 Å². The number of ether oxygens (including phenoxy) is 1. The first-order valence-electron chi connectivity index (χ1n) is 13.2. The molecule has 0 bridgehead atoms. The van der Waals surface area contributed by atoms with E-state index in [-0.39, 0.29) is 30.2 Å². The van der Waals surface area contributed by atoms with E-state index in [9.17, 15) is 19.5 Å². The van der Waals surface area contributed by atoms with Crippen molar-refractivity contribution < 1.29 is 28.3 Å². The van der Waals surface area contributed by atoms with Crippen LogP contribution in [-0.2, 0) is 28.0 Å². The van der Waals surface area contributed by atoms with Gasteiger partial charge in [0.1, 0.15) is 0 Å². The molecule has 3 N–H and O–H groups in total. The van der Waals surface area contributed by atoms with Gasteiger partial charge < -0.3 is 24.0 Å². The van der Waals surface area contributed by atoms with Crippen LogP contribution in [0.2, 0.25) is 0 Å². The van der Waals surface area contributed by atoms with E-state index in [0.29, 0.717) is 6.42 Å². The Kier molecular flexibility index (Phi) is 8.87. The van der Waals surface area contributed by atoms with Gasteiger partial charge in [0.25, 0.3) is 5.91 Å². The molecule has 0 spiro atoms. The summed E-state index contributed by atoms with van der Waals surface area (Å²) in [4.78, 5) is 37.8. The topological polar surface area (TPSA) is 161 Å². The maximum Gasteiger partial charge on any atom is 0.519 e. The van der Waals surface area contributed by atoms with Gasteiger partial charge in [0.15, 0.2) is 23.8 Å². The van der Waals surface area contributed by atoms with Crippen LogP contribution in [0.15, 0.2) is 74.4 Å². The van der Waals surface area contributed by atoms with Crippen LogP contribution >= 0.6 is 0 Å². The third-order valence-corrected chi connectivity index (χ3v) is 6.73. The number of aromatic nitrogens is 3. The number of hydrogen-bond donors (Lipinski definition) is 3. The number of hydrogen-bond acceptors (Lipinski definition) is 9. The number of aliphatic hydroxyl groups is 1. The van der Waals surface area contributed by atoms with Gasteiger partial charge in [-0.15, -0.1) is 0 Å². The monoisotopic (exact) mass is 562 g/mol. The summed E-state index contributed by atoms with van der Waals surface area (Å²) in [6.07, 6.45) is 1.71. The fourth-order valence-corrected chi connectivity index (χ4v) is 4.53. The van der Waals surface area contributed by atoms with E-state index in [1.165, 1.54) is 6.20 Å². The zero-order valence-electron chi connectivity index (χ0n) is 23.5. The number of carbonyl (C=O) groups is 2. The minimum absolute atomic E-state index is 0.0494. The van der Waals surface area contributed by atoms with Gasteiger partial charge in [0.05, 0.1) is 18.2 Å². The highest BCUT2D eigenvalue weighted by Gasteiger charge is 2.38. The zero-order chi connectivity index (χ0) is 29.6. The number of aliphatic hydroxyl groups excluding tert-OH is 1. The molecule has 0 aliphatic carbocycles. The Morgan fingerprint density at radius 2 is 1.71 bits per heavy atom. The summed E-state index contributed by atoms with van der Waals surface area (Å²) in [5.74, 6) is -1.71. The number of aromatic amines is 1. The molecule has 11 heteroatoms. The standard InChI is InChI=1S/C30H34N4O7/c1-29(2,3)25-24(40-28(38)41-25)17-39-27(37)30(4,18-35)15-22(32-26(36)23-16-31-34-33-23)14-19-10-12-21(13-11-19)20-8-6-5-7-9-20/h5-13,16,22,35H,14-15,17-18H2,1-4H3,(H,32,36)(H,31,33,34)/t22-,30-/m0/s1. The van der Waals surface area contributed by atoms with E-state index < -0.39 is 41.2 Å². The van der Waals surface area contributed by atoms with Crippen molar-refractivity contribution in [2.24, 2.45) is 5.41 Å². The van der Waals surface area contributed by atoms with Crippen LogP contribution in [0, 0.1) is 5.41 Å². The Balaban J connectivity index is 1.52. The molecule has 41 heavy (non-hydrogen) atoms. The molecular formula is C30H34N4O7. The first kappa shape index (κ1) is 29.5. The molecule has 2 aromatic heterocycles. The van der Waals surface area contributed by atoms with E-state index in [1.54, 1.807) is 6.92 Å². The van der Waals surface area contributed by atoms with Gasteiger partial charge in [0.2, 0.25) is 0 Å². The van der Waals surface area contributed by atoms with Gasteiger partial charge in [-0.2, -0.15) is 15.4 Å². The lowest BCUT2D eigenvalue weighted by molar-refractivity contribution is -0.160. The van der Waals surface area contributed by atoms with E-state index in [4.69, 9.17) is 13.6 Å². The molecule has 0 unspecified atom stereocenters. The van der Waals surface area contributed by atoms with Crippen LogP contribution in [0.5, 0.6) is 0 Å². The number of carbonyl (C=O) groups excluding carboxylic acids is 2.